The second kappa shape index (κ2) is 13.8. The van der Waals surface area contributed by atoms with Gasteiger partial charge in [-0.25, -0.2) is 0 Å². The first-order valence-electron chi connectivity index (χ1n) is 9.95. The molecule has 0 bridgehead atoms. The predicted octanol–water partition coefficient (Wildman–Crippen LogP) is 2.49. The van der Waals surface area contributed by atoms with Gasteiger partial charge < -0.3 is 9.84 Å². The molecule has 154 valence electrons. The van der Waals surface area contributed by atoms with Crippen LogP contribution in [-0.4, -0.2) is 13.0 Å². The average molecular weight is 445 g/mol. The van der Waals surface area contributed by atoms with Gasteiger partial charge in [-0.3, -0.25) is 4.55 Å². The average Bonchev–Trinajstić information content (AvgIpc) is 2.65. The summed E-state index contributed by atoms with van der Waals surface area (Å²) < 4.78 is 37.3. The maximum atomic E-state index is 11.6. The van der Waals surface area contributed by atoms with Gasteiger partial charge in [0.25, 0.3) is 10.1 Å². The molecule has 7 heteroatoms. The van der Waals surface area contributed by atoms with Crippen molar-refractivity contribution in [1.82, 2.24) is 0 Å². The van der Waals surface area contributed by atoms with Crippen molar-refractivity contribution in [2.45, 2.75) is 69.6 Å². The van der Waals surface area contributed by atoms with Crippen LogP contribution in [0.15, 0.2) is 47.4 Å². The van der Waals surface area contributed by atoms with Crippen LogP contribution >= 0.6 is 0 Å². The number of rotatable bonds is 12. The Hall–Kier alpha value is -0.414. The van der Waals surface area contributed by atoms with Crippen molar-refractivity contribution in [2.75, 3.05) is 0 Å². The van der Waals surface area contributed by atoms with Gasteiger partial charge in [-0.15, -0.1) is 0 Å². The van der Waals surface area contributed by atoms with E-state index in [1.807, 2.05) is 18.2 Å². The van der Waals surface area contributed by atoms with Gasteiger partial charge >= 0.3 is 51.4 Å². The zero-order chi connectivity index (χ0) is 20.4. The Morgan fingerprint density at radius 1 is 0.897 bits per heavy atom. The molecule has 2 rings (SSSR count). The van der Waals surface area contributed by atoms with E-state index in [9.17, 15) is 13.5 Å². The van der Waals surface area contributed by atoms with Gasteiger partial charge in [-0.2, -0.15) is 8.42 Å². The summed E-state index contributed by atoms with van der Waals surface area (Å²) in [5, 5.41) is 11.6. The summed E-state index contributed by atoms with van der Waals surface area (Å²) in [6.07, 6.45) is 11.1. The van der Waals surface area contributed by atoms with E-state index in [2.05, 4.69) is 6.92 Å². The first-order valence-corrected chi connectivity index (χ1v) is 11.4. The van der Waals surface area contributed by atoms with Crippen molar-refractivity contribution in [2.24, 2.45) is 0 Å². The van der Waals surface area contributed by atoms with Crippen LogP contribution in [-0.2, 0) is 16.5 Å². The molecule has 0 saturated carbocycles. The molecule has 1 N–H and O–H groups in total. The Kier molecular flexibility index (Phi) is 12.7. The number of ether oxygens (including phenoxy) is 1. The number of hydrogen-bond donors (Lipinski definition) is 1. The minimum absolute atomic E-state index is 0. The van der Waals surface area contributed by atoms with E-state index in [4.69, 9.17) is 9.29 Å². The summed E-state index contributed by atoms with van der Waals surface area (Å²) in [6, 6.07) is 11.1. The van der Waals surface area contributed by atoms with E-state index in [-0.39, 0.29) is 57.1 Å². The first kappa shape index (κ1) is 26.6. The van der Waals surface area contributed by atoms with Crippen LogP contribution in [0.2, 0.25) is 0 Å². The van der Waals surface area contributed by atoms with Crippen LogP contribution < -0.4 is 61.2 Å². The third-order valence-electron chi connectivity index (χ3n) is 4.65. The van der Waals surface area contributed by atoms with Gasteiger partial charge in [0.1, 0.15) is 11.5 Å². The van der Waals surface area contributed by atoms with Crippen molar-refractivity contribution in [3.05, 3.63) is 48.0 Å². The molecule has 0 heterocycles. The summed E-state index contributed by atoms with van der Waals surface area (Å²) in [7, 11) is -4.57. The fraction of sp³-hybridized carbons (Fsp3) is 0.455. The van der Waals surface area contributed by atoms with Crippen LogP contribution in [0.4, 0.5) is 0 Å². The predicted molar refractivity (Wildman–Crippen MR) is 109 cm³/mol. The minimum atomic E-state index is -4.57. The van der Waals surface area contributed by atoms with Crippen LogP contribution in [0.25, 0.3) is 0 Å². The molecule has 29 heavy (non-hydrogen) atoms. The smallest absolute Gasteiger partial charge is 0.872 e. The van der Waals surface area contributed by atoms with E-state index in [1.165, 1.54) is 51.0 Å². The van der Waals surface area contributed by atoms with Crippen LogP contribution in [0.3, 0.4) is 0 Å². The number of hydrogen-bond acceptors (Lipinski definition) is 4. The van der Waals surface area contributed by atoms with Crippen LogP contribution in [0.5, 0.6) is 17.2 Å². The maximum Gasteiger partial charge on any atom is 1.00 e. The molecule has 0 spiro atoms. The van der Waals surface area contributed by atoms with Crippen LogP contribution in [0, 0.1) is 0 Å². The Bertz CT molecular complexity index is 852. The molecular weight excluding hydrogens is 415 g/mol. The molecular formula is C22H29KO5S. The third-order valence-corrected chi connectivity index (χ3v) is 5.52. The quantitative estimate of drug-likeness (QED) is 0.309. The Morgan fingerprint density at radius 2 is 1.52 bits per heavy atom. The standard InChI is InChI=1S/C22H30O5S.K/c1-2-3-4-5-6-7-8-9-11-18-12-10-13-19(16-18)27-20-14-15-21(23)22(17-20)28(24,25)26;/h10,12-17,23H,2-9,11H2,1H3,(H,24,25,26);/q;+1/p-1. The van der Waals surface area contributed by atoms with E-state index in [1.54, 1.807) is 6.07 Å². The molecule has 0 aliphatic heterocycles. The van der Waals surface area contributed by atoms with E-state index in [0.717, 1.165) is 30.5 Å². The number of unbranched alkanes of at least 4 members (excludes halogenated alkanes) is 7. The number of benzene rings is 2. The third kappa shape index (κ3) is 9.96. The SMILES string of the molecule is CCCCCCCCCCc1cccc(Oc2ccc([O-])c(S(=O)(=O)O)c2)c1.[K+]. The van der Waals surface area contributed by atoms with Gasteiger partial charge in [0.2, 0.25) is 0 Å². The molecule has 2 aromatic rings. The van der Waals surface area contributed by atoms with E-state index < -0.39 is 20.8 Å². The molecule has 0 aromatic heterocycles. The van der Waals surface area contributed by atoms with Crippen molar-refractivity contribution < 1.29 is 74.2 Å². The fourth-order valence-corrected chi connectivity index (χ4v) is 3.70. The molecule has 0 aliphatic rings. The molecule has 0 atom stereocenters. The largest absolute Gasteiger partial charge is 1.00 e. The van der Waals surface area contributed by atoms with Gasteiger partial charge in [0.15, 0.2) is 0 Å². The van der Waals surface area contributed by atoms with Crippen molar-refractivity contribution in [1.29, 1.82) is 0 Å². The second-order valence-electron chi connectivity index (χ2n) is 7.06. The molecule has 5 nitrogen and oxygen atoms in total. The summed E-state index contributed by atoms with van der Waals surface area (Å²) in [4.78, 5) is -0.680. The summed E-state index contributed by atoms with van der Waals surface area (Å²) in [5.41, 5.74) is 1.15. The van der Waals surface area contributed by atoms with Gasteiger partial charge in [0.05, 0.1) is 4.90 Å². The maximum absolute atomic E-state index is 11.6. The van der Waals surface area contributed by atoms with Crippen molar-refractivity contribution in [3.8, 4) is 17.2 Å². The zero-order valence-electron chi connectivity index (χ0n) is 17.4. The summed E-state index contributed by atoms with van der Waals surface area (Å²) in [5.74, 6) is -0.00764. The fourth-order valence-electron chi connectivity index (χ4n) is 3.12. The normalized spacial score (nSPS) is 11.1. The van der Waals surface area contributed by atoms with Crippen LogP contribution in [0.1, 0.15) is 63.9 Å². The molecule has 0 saturated heterocycles. The number of aryl methyl sites for hydroxylation is 1. The van der Waals surface area contributed by atoms with Crippen molar-refractivity contribution in [3.63, 3.8) is 0 Å². The van der Waals surface area contributed by atoms with E-state index >= 15 is 0 Å². The second-order valence-corrected chi connectivity index (χ2v) is 8.45. The Labute approximate surface area is 217 Å². The zero-order valence-corrected chi connectivity index (χ0v) is 21.3. The monoisotopic (exact) mass is 444 g/mol. The topological polar surface area (TPSA) is 86.7 Å². The Morgan fingerprint density at radius 3 is 2.17 bits per heavy atom. The molecule has 0 unspecified atom stereocenters. The van der Waals surface area contributed by atoms with Gasteiger partial charge in [0, 0.05) is 6.07 Å². The molecule has 0 aliphatic carbocycles. The van der Waals surface area contributed by atoms with Gasteiger partial charge in [-0.1, -0.05) is 75.8 Å². The summed E-state index contributed by atoms with van der Waals surface area (Å²) >= 11 is 0. The first-order chi connectivity index (χ1) is 13.4. The Balaban J connectivity index is 0.00000420. The summed E-state index contributed by atoms with van der Waals surface area (Å²) in [6.45, 7) is 2.23. The molecule has 0 fully saturated rings. The van der Waals surface area contributed by atoms with Gasteiger partial charge in [-0.05, 0) is 36.6 Å². The molecule has 0 amide bonds. The van der Waals surface area contributed by atoms with Crippen molar-refractivity contribution >= 4 is 10.1 Å². The van der Waals surface area contributed by atoms with E-state index in [0.29, 0.717) is 5.75 Å². The molecule has 0 radical (unpaired) electrons. The minimum Gasteiger partial charge on any atom is -0.872 e. The molecule has 2 aromatic carbocycles.